The number of hydrogen-bond acceptors (Lipinski definition) is 5. The Morgan fingerprint density at radius 2 is 1.71 bits per heavy atom. The number of carbonyl (C=O) groups excluding carboxylic acids is 2. The fraction of sp³-hybridized carbons (Fsp3) is 0.423. The van der Waals surface area contributed by atoms with Crippen LogP contribution in [0.1, 0.15) is 11.1 Å². The molecule has 0 bridgehead atoms. The lowest BCUT2D eigenvalue weighted by Gasteiger charge is -2.35. The zero-order valence-electron chi connectivity index (χ0n) is 20.2. The highest BCUT2D eigenvalue weighted by molar-refractivity contribution is 5.89. The van der Waals surface area contributed by atoms with E-state index in [1.807, 2.05) is 47.6 Å². The molecule has 2 aliphatic heterocycles. The van der Waals surface area contributed by atoms with E-state index in [-0.39, 0.29) is 11.9 Å². The summed E-state index contributed by atoms with van der Waals surface area (Å²) in [6.07, 6.45) is 4.10. The van der Waals surface area contributed by atoms with Crippen molar-refractivity contribution in [1.82, 2.24) is 30.0 Å². The van der Waals surface area contributed by atoms with Gasteiger partial charge in [-0.25, -0.2) is 9.78 Å². The number of aromatic amines is 1. The number of rotatable bonds is 5. The van der Waals surface area contributed by atoms with Crippen molar-refractivity contribution < 1.29 is 9.59 Å². The molecule has 0 saturated carbocycles. The zero-order chi connectivity index (χ0) is 24.2. The van der Waals surface area contributed by atoms with Crippen LogP contribution in [-0.2, 0) is 17.8 Å². The van der Waals surface area contributed by atoms with Crippen LogP contribution in [0.3, 0.4) is 0 Å². The number of benzene rings is 1. The molecule has 4 heterocycles. The van der Waals surface area contributed by atoms with Crippen LogP contribution < -0.4 is 10.2 Å². The molecular formula is C26H33N7O2. The summed E-state index contributed by atoms with van der Waals surface area (Å²) >= 11 is 0. The number of fused-ring (bicyclic) bond motifs is 1. The highest BCUT2D eigenvalue weighted by Gasteiger charge is 2.24. The smallest absolute Gasteiger partial charge is 0.317 e. The first-order valence-corrected chi connectivity index (χ1v) is 12.3. The molecule has 9 nitrogen and oxygen atoms in total. The highest BCUT2D eigenvalue weighted by atomic mass is 16.2. The monoisotopic (exact) mass is 475 g/mol. The fourth-order valence-corrected chi connectivity index (χ4v) is 4.78. The number of hydrogen-bond donors (Lipinski definition) is 2. The van der Waals surface area contributed by atoms with Crippen molar-refractivity contribution >= 4 is 28.7 Å². The van der Waals surface area contributed by atoms with Gasteiger partial charge >= 0.3 is 6.03 Å². The van der Waals surface area contributed by atoms with E-state index < -0.39 is 0 Å². The van der Waals surface area contributed by atoms with E-state index in [1.165, 1.54) is 0 Å². The first-order chi connectivity index (χ1) is 17.1. The molecule has 35 heavy (non-hydrogen) atoms. The quantitative estimate of drug-likeness (QED) is 0.589. The number of anilines is 1. The van der Waals surface area contributed by atoms with Crippen molar-refractivity contribution in [3.05, 3.63) is 59.9 Å². The van der Waals surface area contributed by atoms with E-state index in [9.17, 15) is 9.59 Å². The molecule has 1 aromatic carbocycles. The topological polar surface area (TPSA) is 87.8 Å². The number of H-pyrrole nitrogens is 1. The molecule has 3 aromatic rings. The maximum atomic E-state index is 12.9. The van der Waals surface area contributed by atoms with Gasteiger partial charge in [-0.05, 0) is 36.4 Å². The van der Waals surface area contributed by atoms with Crippen LogP contribution in [0.5, 0.6) is 0 Å². The Bertz CT molecular complexity index is 1180. The second kappa shape index (κ2) is 10.4. The van der Waals surface area contributed by atoms with Gasteiger partial charge in [-0.1, -0.05) is 18.2 Å². The number of amides is 3. The lowest BCUT2D eigenvalue weighted by molar-refractivity contribution is -0.131. The van der Waals surface area contributed by atoms with E-state index in [0.29, 0.717) is 39.1 Å². The Labute approximate surface area is 205 Å². The van der Waals surface area contributed by atoms with E-state index in [1.54, 1.807) is 4.90 Å². The number of nitrogens with zero attached hydrogens (tertiary/aromatic N) is 5. The van der Waals surface area contributed by atoms with Gasteiger partial charge in [-0.15, -0.1) is 0 Å². The summed E-state index contributed by atoms with van der Waals surface area (Å²) in [5.41, 5.74) is 3.09. The van der Waals surface area contributed by atoms with Crippen LogP contribution in [0.2, 0.25) is 0 Å². The van der Waals surface area contributed by atoms with E-state index in [0.717, 1.165) is 54.0 Å². The summed E-state index contributed by atoms with van der Waals surface area (Å²) in [4.78, 5) is 41.6. The predicted octanol–water partition coefficient (Wildman–Crippen LogP) is 1.91. The minimum absolute atomic E-state index is 0.0910. The number of nitrogens with one attached hydrogen (secondary N) is 2. The Hall–Kier alpha value is -3.59. The Balaban J connectivity index is 1.09. The van der Waals surface area contributed by atoms with Crippen LogP contribution in [0.25, 0.3) is 10.9 Å². The molecule has 2 N–H and O–H groups in total. The van der Waals surface area contributed by atoms with Gasteiger partial charge in [-0.2, -0.15) is 0 Å². The van der Waals surface area contributed by atoms with Crippen LogP contribution in [0.4, 0.5) is 10.6 Å². The van der Waals surface area contributed by atoms with Gasteiger partial charge in [-0.3, -0.25) is 4.79 Å². The molecular weight excluding hydrogens is 442 g/mol. The molecule has 0 atom stereocenters. The molecule has 184 valence electrons. The average Bonchev–Trinajstić information content (AvgIpc) is 3.30. The number of aromatic nitrogens is 2. The predicted molar refractivity (Wildman–Crippen MR) is 136 cm³/mol. The van der Waals surface area contributed by atoms with Crippen LogP contribution in [-0.4, -0.2) is 96.0 Å². The Morgan fingerprint density at radius 3 is 2.51 bits per heavy atom. The second-order valence-corrected chi connectivity index (χ2v) is 9.38. The van der Waals surface area contributed by atoms with Crippen LogP contribution in [0.15, 0.2) is 48.8 Å². The van der Waals surface area contributed by atoms with E-state index >= 15 is 0 Å². The number of pyridine rings is 1. The number of likely N-dealkylation sites (N-methyl/N-ethyl adjacent to an activating group) is 1. The number of piperazine rings is 2. The van der Waals surface area contributed by atoms with Crippen molar-refractivity contribution in [2.75, 3.05) is 64.3 Å². The van der Waals surface area contributed by atoms with Gasteiger partial charge in [0.25, 0.3) is 0 Å². The van der Waals surface area contributed by atoms with Crippen molar-refractivity contribution in [2.45, 2.75) is 13.0 Å². The third-order valence-corrected chi connectivity index (χ3v) is 7.02. The number of carbonyl (C=O) groups is 2. The standard InChI is InChI=1S/C26H33N7O2/c1-30-8-10-31(11-9-30)24-16-20(6-7-27-24)18-29-26(35)33-14-12-32(13-15-33)25(34)17-21-19-28-23-5-3-2-4-22(21)23/h2-7,16,19,28H,8-15,17-18H2,1H3,(H,29,35). The fourth-order valence-electron chi connectivity index (χ4n) is 4.78. The summed E-state index contributed by atoms with van der Waals surface area (Å²) in [6.45, 7) is 6.61. The Morgan fingerprint density at radius 1 is 0.971 bits per heavy atom. The van der Waals surface area contributed by atoms with Crippen LogP contribution >= 0.6 is 0 Å². The van der Waals surface area contributed by atoms with Gasteiger partial charge in [0.2, 0.25) is 5.91 Å². The molecule has 9 heteroatoms. The summed E-state index contributed by atoms with van der Waals surface area (Å²) in [5.74, 6) is 1.07. The molecule has 0 spiro atoms. The number of urea groups is 1. The minimum atomic E-state index is -0.0910. The lowest BCUT2D eigenvalue weighted by Crippen LogP contribution is -2.53. The summed E-state index contributed by atoms with van der Waals surface area (Å²) in [5, 5.41) is 4.12. The molecule has 0 unspecified atom stereocenters. The molecule has 2 saturated heterocycles. The summed E-state index contributed by atoms with van der Waals surface area (Å²) < 4.78 is 0. The third-order valence-electron chi connectivity index (χ3n) is 7.02. The third kappa shape index (κ3) is 5.40. The average molecular weight is 476 g/mol. The van der Waals surface area contributed by atoms with Crippen molar-refractivity contribution in [1.29, 1.82) is 0 Å². The first kappa shape index (κ1) is 23.2. The molecule has 2 fully saturated rings. The minimum Gasteiger partial charge on any atom is -0.361 e. The molecule has 5 rings (SSSR count). The molecule has 0 radical (unpaired) electrons. The molecule has 2 aliphatic rings. The SMILES string of the molecule is CN1CCN(c2cc(CNC(=O)N3CCN(C(=O)Cc4c[nH]c5ccccc45)CC3)ccn2)CC1. The Kier molecular flexibility index (Phi) is 6.85. The number of para-hydroxylation sites is 1. The van der Waals surface area contributed by atoms with Crippen molar-refractivity contribution in [3.8, 4) is 0 Å². The summed E-state index contributed by atoms with van der Waals surface area (Å²) in [7, 11) is 2.14. The van der Waals surface area contributed by atoms with Gasteiger partial charge in [0.15, 0.2) is 0 Å². The molecule has 0 aliphatic carbocycles. The normalized spacial score (nSPS) is 17.1. The maximum Gasteiger partial charge on any atom is 0.317 e. The summed E-state index contributed by atoms with van der Waals surface area (Å²) in [6, 6.07) is 11.9. The maximum absolute atomic E-state index is 12.9. The van der Waals surface area contributed by atoms with E-state index in [4.69, 9.17) is 0 Å². The van der Waals surface area contributed by atoms with Gasteiger partial charge in [0.1, 0.15) is 5.82 Å². The van der Waals surface area contributed by atoms with Crippen LogP contribution in [0, 0.1) is 0 Å². The largest absolute Gasteiger partial charge is 0.361 e. The highest BCUT2D eigenvalue weighted by Crippen LogP contribution is 2.19. The van der Waals surface area contributed by atoms with Gasteiger partial charge in [0, 0.05) is 82.2 Å². The first-order valence-electron chi connectivity index (χ1n) is 12.3. The van der Waals surface area contributed by atoms with Gasteiger partial charge in [0.05, 0.1) is 6.42 Å². The zero-order valence-corrected chi connectivity index (χ0v) is 20.2. The van der Waals surface area contributed by atoms with Gasteiger partial charge < -0.3 is 29.9 Å². The van der Waals surface area contributed by atoms with Crippen molar-refractivity contribution in [3.63, 3.8) is 0 Å². The molecule has 2 aromatic heterocycles. The second-order valence-electron chi connectivity index (χ2n) is 9.38. The van der Waals surface area contributed by atoms with E-state index in [2.05, 4.69) is 38.2 Å². The molecule has 3 amide bonds. The van der Waals surface area contributed by atoms with Crippen molar-refractivity contribution in [2.24, 2.45) is 0 Å². The lowest BCUT2D eigenvalue weighted by atomic mass is 10.1.